The van der Waals surface area contributed by atoms with Crippen LogP contribution < -0.4 is 4.74 Å². The zero-order valence-corrected chi connectivity index (χ0v) is 13.7. The number of aliphatic hydroxyl groups excluding tert-OH is 1. The molecule has 1 aliphatic rings. The molecule has 1 aliphatic heterocycles. The van der Waals surface area contributed by atoms with Crippen LogP contribution in [0.2, 0.25) is 0 Å². The van der Waals surface area contributed by atoms with Crippen molar-refractivity contribution in [2.24, 2.45) is 0 Å². The van der Waals surface area contributed by atoms with Crippen molar-refractivity contribution in [1.29, 1.82) is 0 Å². The van der Waals surface area contributed by atoms with Crippen molar-refractivity contribution in [2.45, 2.75) is 44.8 Å². The third-order valence-electron chi connectivity index (χ3n) is 3.90. The second-order valence-corrected chi connectivity index (χ2v) is 6.59. The van der Waals surface area contributed by atoms with Gasteiger partial charge in [-0.1, -0.05) is 12.1 Å². The van der Waals surface area contributed by atoms with Gasteiger partial charge in [-0.25, -0.2) is 4.79 Å². The molecule has 1 amide bonds. The lowest BCUT2D eigenvalue weighted by Gasteiger charge is -2.29. The van der Waals surface area contributed by atoms with Crippen LogP contribution in [0.1, 0.15) is 38.7 Å². The molecule has 2 rings (SSSR count). The van der Waals surface area contributed by atoms with E-state index in [0.29, 0.717) is 6.54 Å². The van der Waals surface area contributed by atoms with Crippen molar-refractivity contribution < 1.29 is 19.4 Å². The third kappa shape index (κ3) is 3.71. The van der Waals surface area contributed by atoms with Crippen LogP contribution in [0, 0.1) is 0 Å². The Balaban J connectivity index is 2.13. The monoisotopic (exact) mass is 307 g/mol. The van der Waals surface area contributed by atoms with E-state index < -0.39 is 5.60 Å². The van der Waals surface area contributed by atoms with Crippen LogP contribution in [-0.2, 0) is 4.74 Å². The van der Waals surface area contributed by atoms with Crippen molar-refractivity contribution in [1.82, 2.24) is 4.90 Å². The summed E-state index contributed by atoms with van der Waals surface area (Å²) < 4.78 is 10.6. The van der Waals surface area contributed by atoms with Gasteiger partial charge in [-0.05, 0) is 44.9 Å². The van der Waals surface area contributed by atoms with E-state index in [1.807, 2.05) is 45.0 Å². The fraction of sp³-hybridized carbons (Fsp3) is 0.588. The van der Waals surface area contributed by atoms with E-state index in [1.165, 1.54) is 0 Å². The summed E-state index contributed by atoms with van der Waals surface area (Å²) in [6, 6.07) is 7.54. The highest BCUT2D eigenvalue weighted by molar-refractivity contribution is 5.69. The molecule has 1 aromatic carbocycles. The standard InChI is InChI=1S/C17H25NO4/c1-17(2,3)22-16(20)18-10-9-14(15(18)11-19)12-5-7-13(21-4)8-6-12/h5-8,14-15,19H,9-11H2,1-4H3. The summed E-state index contributed by atoms with van der Waals surface area (Å²) in [5.41, 5.74) is 0.570. The van der Waals surface area contributed by atoms with Gasteiger partial charge in [0, 0.05) is 12.5 Å². The van der Waals surface area contributed by atoms with Crippen molar-refractivity contribution in [2.75, 3.05) is 20.3 Å². The summed E-state index contributed by atoms with van der Waals surface area (Å²) in [7, 11) is 1.63. The molecule has 1 saturated heterocycles. The van der Waals surface area contributed by atoms with Gasteiger partial charge in [0.25, 0.3) is 0 Å². The number of ether oxygens (including phenoxy) is 2. The van der Waals surface area contributed by atoms with Gasteiger partial charge in [-0.3, -0.25) is 0 Å². The van der Waals surface area contributed by atoms with Gasteiger partial charge in [0.2, 0.25) is 0 Å². The summed E-state index contributed by atoms with van der Waals surface area (Å²) >= 11 is 0. The van der Waals surface area contributed by atoms with E-state index in [9.17, 15) is 9.90 Å². The minimum absolute atomic E-state index is 0.0735. The Kier molecular flexibility index (Phi) is 4.96. The molecule has 1 heterocycles. The van der Waals surface area contributed by atoms with Crippen LogP contribution in [0.3, 0.4) is 0 Å². The van der Waals surface area contributed by atoms with E-state index in [4.69, 9.17) is 9.47 Å². The topological polar surface area (TPSA) is 59.0 Å². The van der Waals surface area contributed by atoms with Crippen LogP contribution in [0.5, 0.6) is 5.75 Å². The molecule has 2 unspecified atom stereocenters. The predicted octanol–water partition coefficient (Wildman–Crippen LogP) is 2.78. The first kappa shape index (κ1) is 16.6. The first-order chi connectivity index (χ1) is 10.4. The Morgan fingerprint density at radius 2 is 1.95 bits per heavy atom. The Morgan fingerprint density at radius 3 is 2.45 bits per heavy atom. The summed E-state index contributed by atoms with van der Waals surface area (Å²) in [5, 5.41) is 9.74. The maximum Gasteiger partial charge on any atom is 0.410 e. The number of rotatable bonds is 3. The van der Waals surface area contributed by atoms with Gasteiger partial charge >= 0.3 is 6.09 Å². The normalized spacial score (nSPS) is 21.8. The first-order valence-electron chi connectivity index (χ1n) is 7.60. The quantitative estimate of drug-likeness (QED) is 0.933. The SMILES string of the molecule is COc1ccc(C2CCN(C(=O)OC(C)(C)C)C2CO)cc1. The Hall–Kier alpha value is -1.75. The molecule has 0 aromatic heterocycles. The van der Waals surface area contributed by atoms with Crippen LogP contribution in [0.25, 0.3) is 0 Å². The van der Waals surface area contributed by atoms with Gasteiger partial charge in [0.15, 0.2) is 0 Å². The van der Waals surface area contributed by atoms with Crippen LogP contribution in [0.15, 0.2) is 24.3 Å². The summed E-state index contributed by atoms with van der Waals surface area (Å²) in [4.78, 5) is 13.9. The summed E-state index contributed by atoms with van der Waals surface area (Å²) in [5.74, 6) is 0.912. The van der Waals surface area contributed by atoms with Crippen molar-refractivity contribution >= 4 is 6.09 Å². The van der Waals surface area contributed by atoms with E-state index in [-0.39, 0.29) is 24.7 Å². The molecule has 122 valence electrons. The Labute approximate surface area is 131 Å². The molecule has 1 N–H and O–H groups in total. The Bertz CT molecular complexity index is 506. The number of methoxy groups -OCH3 is 1. The van der Waals surface area contributed by atoms with Gasteiger partial charge in [0.1, 0.15) is 11.4 Å². The van der Waals surface area contributed by atoms with Gasteiger partial charge in [0.05, 0.1) is 19.8 Å². The zero-order valence-electron chi connectivity index (χ0n) is 13.7. The molecule has 5 heteroatoms. The van der Waals surface area contributed by atoms with Crippen LogP contribution in [0.4, 0.5) is 4.79 Å². The average Bonchev–Trinajstić information content (AvgIpc) is 2.89. The number of carbonyl (C=O) groups excluding carboxylic acids is 1. The lowest BCUT2D eigenvalue weighted by molar-refractivity contribution is 0.0165. The number of likely N-dealkylation sites (tertiary alicyclic amines) is 1. The number of amides is 1. The number of nitrogens with zero attached hydrogens (tertiary/aromatic N) is 1. The van der Waals surface area contributed by atoms with E-state index in [2.05, 4.69) is 0 Å². The molecule has 0 radical (unpaired) electrons. The molecule has 0 aliphatic carbocycles. The minimum Gasteiger partial charge on any atom is -0.497 e. The first-order valence-corrected chi connectivity index (χ1v) is 7.60. The molecular weight excluding hydrogens is 282 g/mol. The fourth-order valence-corrected chi connectivity index (χ4v) is 2.87. The highest BCUT2D eigenvalue weighted by atomic mass is 16.6. The molecule has 1 aromatic rings. The van der Waals surface area contributed by atoms with Crippen molar-refractivity contribution in [3.8, 4) is 5.75 Å². The number of benzene rings is 1. The highest BCUT2D eigenvalue weighted by Gasteiger charge is 2.39. The average molecular weight is 307 g/mol. The minimum atomic E-state index is -0.532. The van der Waals surface area contributed by atoms with Gasteiger partial charge in [-0.15, -0.1) is 0 Å². The van der Waals surface area contributed by atoms with Crippen LogP contribution >= 0.6 is 0 Å². The molecular formula is C17H25NO4. The van der Waals surface area contributed by atoms with Crippen molar-refractivity contribution in [3.63, 3.8) is 0 Å². The molecule has 5 nitrogen and oxygen atoms in total. The smallest absolute Gasteiger partial charge is 0.410 e. The van der Waals surface area contributed by atoms with Gasteiger partial charge in [-0.2, -0.15) is 0 Å². The molecule has 1 fully saturated rings. The maximum absolute atomic E-state index is 12.3. The molecule has 0 saturated carbocycles. The third-order valence-corrected chi connectivity index (χ3v) is 3.90. The zero-order chi connectivity index (χ0) is 16.3. The molecule has 0 bridgehead atoms. The number of hydrogen-bond donors (Lipinski definition) is 1. The van der Waals surface area contributed by atoms with Gasteiger partial charge < -0.3 is 19.5 Å². The number of carbonyl (C=O) groups is 1. The molecule has 0 spiro atoms. The Morgan fingerprint density at radius 1 is 1.32 bits per heavy atom. The fourth-order valence-electron chi connectivity index (χ4n) is 2.87. The predicted molar refractivity (Wildman–Crippen MR) is 84.2 cm³/mol. The van der Waals surface area contributed by atoms with E-state index in [0.717, 1.165) is 17.7 Å². The van der Waals surface area contributed by atoms with Crippen molar-refractivity contribution in [3.05, 3.63) is 29.8 Å². The second kappa shape index (κ2) is 6.57. The van der Waals surface area contributed by atoms with Crippen LogP contribution in [-0.4, -0.2) is 48.0 Å². The number of aliphatic hydroxyl groups is 1. The lowest BCUT2D eigenvalue weighted by atomic mass is 9.92. The summed E-state index contributed by atoms with van der Waals surface area (Å²) in [6.45, 7) is 6.05. The highest BCUT2D eigenvalue weighted by Crippen LogP contribution is 2.34. The number of hydrogen-bond acceptors (Lipinski definition) is 4. The molecule has 2 atom stereocenters. The summed E-state index contributed by atoms with van der Waals surface area (Å²) in [6.07, 6.45) is 0.458. The van der Waals surface area contributed by atoms with E-state index >= 15 is 0 Å². The lowest BCUT2D eigenvalue weighted by Crippen LogP contribution is -2.42. The molecule has 22 heavy (non-hydrogen) atoms. The van der Waals surface area contributed by atoms with E-state index in [1.54, 1.807) is 12.0 Å². The second-order valence-electron chi connectivity index (χ2n) is 6.59. The largest absolute Gasteiger partial charge is 0.497 e. The maximum atomic E-state index is 12.3.